The monoisotopic (exact) mass is 479 g/mol. The van der Waals surface area contributed by atoms with E-state index in [1.54, 1.807) is 31.1 Å². The minimum absolute atomic E-state index is 0.00230. The van der Waals surface area contributed by atoms with Crippen molar-refractivity contribution in [2.24, 2.45) is 0 Å². The summed E-state index contributed by atoms with van der Waals surface area (Å²) < 4.78 is 36.5. The van der Waals surface area contributed by atoms with Gasteiger partial charge >= 0.3 is 0 Å². The van der Waals surface area contributed by atoms with Crippen LogP contribution in [0.1, 0.15) is 49.6 Å². The van der Waals surface area contributed by atoms with Gasteiger partial charge in [0.2, 0.25) is 0 Å². The Kier molecular flexibility index (Phi) is 7.84. The van der Waals surface area contributed by atoms with Crippen LogP contribution in [0.5, 0.6) is 5.75 Å². The fraction of sp³-hybridized carbons (Fsp3) is 0.308. The van der Waals surface area contributed by atoms with E-state index in [1.807, 2.05) is 16.7 Å². The quantitative estimate of drug-likeness (QED) is 0.511. The molecule has 2 aromatic heterocycles. The number of hydrogen-bond donors (Lipinski definition) is 1. The summed E-state index contributed by atoms with van der Waals surface area (Å²) in [5.41, 5.74) is 1.63. The molecule has 0 bridgehead atoms. The second-order valence-electron chi connectivity index (χ2n) is 7.65. The average molecular weight is 480 g/mol. The summed E-state index contributed by atoms with van der Waals surface area (Å²) in [5.74, 6) is 8.76. The SMILES string of the molecule is CC#Cc1nc(SC2CCCC2)n(-c2cccnc2)c1COc1cc(F)c(C#CCO)c(F)c1. The number of benzene rings is 1. The molecule has 0 saturated heterocycles. The molecule has 8 heteroatoms. The van der Waals surface area contributed by atoms with Gasteiger partial charge in [0, 0.05) is 23.6 Å². The van der Waals surface area contributed by atoms with Crippen LogP contribution in [0, 0.1) is 35.3 Å². The van der Waals surface area contributed by atoms with Crippen molar-refractivity contribution in [2.45, 2.75) is 49.6 Å². The molecule has 1 saturated carbocycles. The van der Waals surface area contributed by atoms with Gasteiger partial charge in [0.05, 0.1) is 23.1 Å². The highest BCUT2D eigenvalue weighted by atomic mass is 32.2. The van der Waals surface area contributed by atoms with Crippen molar-refractivity contribution < 1.29 is 18.6 Å². The van der Waals surface area contributed by atoms with Crippen molar-refractivity contribution >= 4 is 11.8 Å². The van der Waals surface area contributed by atoms with Crippen LogP contribution >= 0.6 is 11.8 Å². The zero-order valence-electron chi connectivity index (χ0n) is 18.6. The first-order valence-electron chi connectivity index (χ1n) is 10.9. The standard InChI is InChI=1S/C26H23F2N3O2S/c1-2-7-24-25(17-33-19-14-22(27)21(11-6-13-32)23(28)15-19)31(18-8-5-12-29-16-18)26(30-24)34-20-9-3-4-10-20/h5,8,12,14-16,20,32H,3-4,9-10,13,17H2,1H3. The Morgan fingerprint density at radius 3 is 2.62 bits per heavy atom. The van der Waals surface area contributed by atoms with Crippen molar-refractivity contribution in [1.29, 1.82) is 0 Å². The molecule has 4 rings (SSSR count). The number of nitrogens with zero attached hydrogens (tertiary/aromatic N) is 3. The Labute approximate surface area is 201 Å². The summed E-state index contributed by atoms with van der Waals surface area (Å²) in [5, 5.41) is 10.1. The summed E-state index contributed by atoms with van der Waals surface area (Å²) in [6.07, 6.45) is 8.11. The number of halogens is 2. The molecule has 1 fully saturated rings. The van der Waals surface area contributed by atoms with Crippen LogP contribution in [0.2, 0.25) is 0 Å². The number of pyridine rings is 1. The molecular weight excluding hydrogens is 456 g/mol. The van der Waals surface area contributed by atoms with E-state index < -0.39 is 23.8 Å². The fourth-order valence-corrected chi connectivity index (χ4v) is 5.13. The van der Waals surface area contributed by atoms with Crippen molar-refractivity contribution in [3.8, 4) is 35.1 Å². The number of aromatic nitrogens is 3. The number of aliphatic hydroxyl groups is 1. The Morgan fingerprint density at radius 1 is 1.21 bits per heavy atom. The van der Waals surface area contributed by atoms with E-state index in [2.05, 4.69) is 28.7 Å². The smallest absolute Gasteiger partial charge is 0.174 e. The van der Waals surface area contributed by atoms with Crippen LogP contribution < -0.4 is 4.74 Å². The zero-order valence-corrected chi connectivity index (χ0v) is 19.5. The normalized spacial score (nSPS) is 13.2. The highest BCUT2D eigenvalue weighted by Gasteiger charge is 2.24. The molecule has 0 radical (unpaired) electrons. The average Bonchev–Trinajstić information content (AvgIpc) is 3.46. The van der Waals surface area contributed by atoms with Crippen molar-refractivity contribution in [2.75, 3.05) is 6.61 Å². The molecule has 0 aliphatic heterocycles. The molecule has 0 atom stereocenters. The van der Waals surface area contributed by atoms with Crippen LogP contribution in [0.25, 0.3) is 5.69 Å². The van der Waals surface area contributed by atoms with E-state index in [4.69, 9.17) is 14.8 Å². The maximum atomic E-state index is 14.4. The molecule has 1 aliphatic carbocycles. The third-order valence-corrected chi connectivity index (χ3v) is 6.64. The fourth-order valence-electron chi connectivity index (χ4n) is 3.80. The number of rotatable bonds is 6. The third kappa shape index (κ3) is 5.41. The van der Waals surface area contributed by atoms with Crippen molar-refractivity contribution in [1.82, 2.24) is 14.5 Å². The highest BCUT2D eigenvalue weighted by molar-refractivity contribution is 7.99. The molecule has 3 aromatic rings. The van der Waals surface area contributed by atoms with Crippen LogP contribution in [0.3, 0.4) is 0 Å². The van der Waals surface area contributed by atoms with Gasteiger partial charge < -0.3 is 9.84 Å². The highest BCUT2D eigenvalue weighted by Crippen LogP contribution is 2.36. The van der Waals surface area contributed by atoms with Crippen molar-refractivity contribution in [3.05, 3.63) is 65.2 Å². The molecule has 174 valence electrons. The van der Waals surface area contributed by atoms with Crippen LogP contribution in [-0.2, 0) is 6.61 Å². The van der Waals surface area contributed by atoms with Gasteiger partial charge in [-0.2, -0.15) is 0 Å². The lowest BCUT2D eigenvalue weighted by Gasteiger charge is -2.14. The van der Waals surface area contributed by atoms with E-state index in [9.17, 15) is 8.78 Å². The topological polar surface area (TPSA) is 60.2 Å². The maximum absolute atomic E-state index is 14.4. The lowest BCUT2D eigenvalue weighted by Crippen LogP contribution is -2.08. The first-order chi connectivity index (χ1) is 16.6. The van der Waals surface area contributed by atoms with Crippen LogP contribution in [-0.4, -0.2) is 31.5 Å². The van der Waals surface area contributed by atoms with Gasteiger partial charge in [-0.1, -0.05) is 42.4 Å². The predicted molar refractivity (Wildman–Crippen MR) is 127 cm³/mol. The van der Waals surface area contributed by atoms with Crippen LogP contribution in [0.15, 0.2) is 41.8 Å². The van der Waals surface area contributed by atoms with E-state index in [1.165, 1.54) is 12.8 Å². The van der Waals surface area contributed by atoms with Gasteiger partial charge in [0.15, 0.2) is 5.16 Å². The molecule has 34 heavy (non-hydrogen) atoms. The minimum Gasteiger partial charge on any atom is -0.487 e. The van der Waals surface area contributed by atoms with Gasteiger partial charge in [0.1, 0.15) is 36.3 Å². The molecule has 0 spiro atoms. The number of aliphatic hydroxyl groups excluding tert-OH is 1. The first-order valence-corrected chi connectivity index (χ1v) is 11.8. The Balaban J connectivity index is 1.70. The van der Waals surface area contributed by atoms with Crippen LogP contribution in [0.4, 0.5) is 8.78 Å². The Hall–Kier alpha value is -3.33. The number of hydrogen-bond acceptors (Lipinski definition) is 5. The van der Waals surface area contributed by atoms with Gasteiger partial charge in [-0.15, -0.1) is 0 Å². The van der Waals surface area contributed by atoms with Gasteiger partial charge in [-0.3, -0.25) is 9.55 Å². The zero-order chi connectivity index (χ0) is 23.9. The molecule has 1 aromatic carbocycles. The summed E-state index contributed by atoms with van der Waals surface area (Å²) in [6, 6.07) is 5.92. The summed E-state index contributed by atoms with van der Waals surface area (Å²) in [4.78, 5) is 9.03. The Morgan fingerprint density at radius 2 is 1.97 bits per heavy atom. The van der Waals surface area contributed by atoms with E-state index in [0.717, 1.165) is 35.8 Å². The van der Waals surface area contributed by atoms with Crippen molar-refractivity contribution in [3.63, 3.8) is 0 Å². The minimum atomic E-state index is -0.859. The number of imidazole rings is 1. The van der Waals surface area contributed by atoms with E-state index >= 15 is 0 Å². The lowest BCUT2D eigenvalue weighted by atomic mass is 10.2. The third-order valence-electron chi connectivity index (χ3n) is 5.35. The largest absolute Gasteiger partial charge is 0.487 e. The van der Waals surface area contributed by atoms with Gasteiger partial charge in [-0.05, 0) is 37.8 Å². The molecule has 0 unspecified atom stereocenters. The number of thioether (sulfide) groups is 1. The molecular formula is C26H23F2N3O2S. The Bertz CT molecular complexity index is 1260. The predicted octanol–water partition coefficient (Wildman–Crippen LogP) is 4.87. The lowest BCUT2D eigenvalue weighted by molar-refractivity contribution is 0.294. The number of ether oxygens (including phenoxy) is 1. The molecule has 1 aliphatic rings. The molecule has 1 N–H and O–H groups in total. The summed E-state index contributed by atoms with van der Waals surface area (Å²) in [6.45, 7) is 1.24. The summed E-state index contributed by atoms with van der Waals surface area (Å²) >= 11 is 1.71. The molecule has 5 nitrogen and oxygen atoms in total. The molecule has 0 amide bonds. The molecule has 2 heterocycles. The second-order valence-corrected chi connectivity index (χ2v) is 8.91. The van der Waals surface area contributed by atoms with Gasteiger partial charge in [-0.25, -0.2) is 13.8 Å². The van der Waals surface area contributed by atoms with E-state index in [0.29, 0.717) is 16.6 Å². The second kappa shape index (κ2) is 11.2. The van der Waals surface area contributed by atoms with Gasteiger partial charge in [0.25, 0.3) is 0 Å². The van der Waals surface area contributed by atoms with E-state index in [-0.39, 0.29) is 12.4 Å². The maximum Gasteiger partial charge on any atom is 0.174 e. The first kappa shape index (κ1) is 23.8. The summed E-state index contributed by atoms with van der Waals surface area (Å²) in [7, 11) is 0.